The molecule has 0 bridgehead atoms. The molecule has 0 unspecified atom stereocenters. The third-order valence-electron chi connectivity index (χ3n) is 3.33. The lowest BCUT2D eigenvalue weighted by molar-refractivity contribution is -0.156. The number of oxazole rings is 1. The highest BCUT2D eigenvalue weighted by molar-refractivity contribution is 5.94. The summed E-state index contributed by atoms with van der Waals surface area (Å²) in [7, 11) is 0. The molecule has 1 aromatic carbocycles. The van der Waals surface area contributed by atoms with Gasteiger partial charge in [-0.2, -0.15) is 13.2 Å². The number of aromatic nitrogens is 1. The summed E-state index contributed by atoms with van der Waals surface area (Å²) >= 11 is 0. The number of halogens is 4. The Morgan fingerprint density at radius 1 is 1.35 bits per heavy atom. The van der Waals surface area contributed by atoms with Crippen LogP contribution in [0.2, 0.25) is 0 Å². The van der Waals surface area contributed by atoms with Gasteiger partial charge in [-0.1, -0.05) is 0 Å². The molecule has 1 saturated carbocycles. The van der Waals surface area contributed by atoms with Crippen molar-refractivity contribution in [3.05, 3.63) is 24.1 Å². The fraction of sp³-hybridized carbons (Fsp3) is 0.429. The van der Waals surface area contributed by atoms with E-state index in [0.717, 1.165) is 6.54 Å². The summed E-state index contributed by atoms with van der Waals surface area (Å²) in [6.45, 7) is 0.978. The van der Waals surface area contributed by atoms with Crippen molar-refractivity contribution in [2.24, 2.45) is 5.92 Å². The minimum Gasteiger partial charge on any atom is -0.433 e. The smallest absolute Gasteiger partial charge is 0.433 e. The van der Waals surface area contributed by atoms with Crippen LogP contribution >= 0.6 is 12.4 Å². The van der Waals surface area contributed by atoms with E-state index in [4.69, 9.17) is 0 Å². The summed E-state index contributed by atoms with van der Waals surface area (Å²) < 4.78 is 42.2. The topological polar surface area (TPSA) is 67.2 Å². The van der Waals surface area contributed by atoms with E-state index >= 15 is 0 Å². The van der Waals surface area contributed by atoms with Crippen LogP contribution in [0.1, 0.15) is 18.7 Å². The first-order chi connectivity index (χ1) is 10.4. The van der Waals surface area contributed by atoms with Crippen molar-refractivity contribution in [2.45, 2.75) is 19.0 Å². The van der Waals surface area contributed by atoms with Crippen LogP contribution in [0.15, 0.2) is 22.6 Å². The predicted octanol–water partition coefficient (Wildman–Crippen LogP) is 3.21. The van der Waals surface area contributed by atoms with Crippen molar-refractivity contribution in [3.8, 4) is 0 Å². The van der Waals surface area contributed by atoms with Crippen molar-refractivity contribution in [1.29, 1.82) is 0 Å². The Bertz CT molecular complexity index is 698. The van der Waals surface area contributed by atoms with Gasteiger partial charge in [0.05, 0.1) is 6.54 Å². The van der Waals surface area contributed by atoms with Crippen LogP contribution in [0.25, 0.3) is 11.1 Å². The van der Waals surface area contributed by atoms with E-state index in [1.54, 1.807) is 0 Å². The van der Waals surface area contributed by atoms with Gasteiger partial charge in [0.1, 0.15) is 5.52 Å². The Hall–Kier alpha value is -1.80. The number of rotatable bonds is 5. The standard InChI is InChI=1S/C14H14F3N3O2.ClH/c15-14(16,17)13-20-10-5-9(3-4-11(10)22-13)19-12(21)7-18-6-8-1-2-8;/h3-5,8,18H,1-2,6-7H2,(H,19,21);1H. The minimum absolute atomic E-state index is 0. The molecule has 1 amide bonds. The largest absolute Gasteiger partial charge is 0.468 e. The first kappa shape index (κ1) is 17.6. The first-order valence-electron chi connectivity index (χ1n) is 6.90. The zero-order valence-electron chi connectivity index (χ0n) is 11.9. The molecule has 9 heteroatoms. The van der Waals surface area contributed by atoms with E-state index in [0.29, 0.717) is 11.6 Å². The highest BCUT2D eigenvalue weighted by Crippen LogP contribution is 2.31. The second-order valence-electron chi connectivity index (χ2n) is 5.32. The third kappa shape index (κ3) is 4.59. The maximum atomic E-state index is 12.5. The molecule has 0 spiro atoms. The van der Waals surface area contributed by atoms with Crippen LogP contribution < -0.4 is 10.6 Å². The van der Waals surface area contributed by atoms with Gasteiger partial charge >= 0.3 is 12.1 Å². The first-order valence-corrected chi connectivity index (χ1v) is 6.90. The molecule has 0 radical (unpaired) electrons. The monoisotopic (exact) mass is 349 g/mol. The Morgan fingerprint density at radius 3 is 2.74 bits per heavy atom. The van der Waals surface area contributed by atoms with E-state index in [1.165, 1.54) is 31.0 Å². The molecule has 1 aliphatic rings. The molecule has 2 N–H and O–H groups in total. The van der Waals surface area contributed by atoms with Crippen molar-refractivity contribution in [2.75, 3.05) is 18.4 Å². The number of amides is 1. The van der Waals surface area contributed by atoms with Crippen LogP contribution in [-0.2, 0) is 11.0 Å². The number of hydrogen-bond acceptors (Lipinski definition) is 4. The fourth-order valence-electron chi connectivity index (χ4n) is 2.04. The van der Waals surface area contributed by atoms with Gasteiger partial charge in [0.25, 0.3) is 0 Å². The van der Waals surface area contributed by atoms with Crippen LogP contribution in [0.5, 0.6) is 0 Å². The number of benzene rings is 1. The zero-order chi connectivity index (χ0) is 15.7. The van der Waals surface area contributed by atoms with Crippen LogP contribution in [0, 0.1) is 5.92 Å². The number of alkyl halides is 3. The van der Waals surface area contributed by atoms with Gasteiger partial charge in [0, 0.05) is 5.69 Å². The molecule has 1 fully saturated rings. The normalized spacial score (nSPS) is 14.6. The number of nitrogens with zero attached hydrogens (tertiary/aromatic N) is 1. The molecule has 5 nitrogen and oxygen atoms in total. The van der Waals surface area contributed by atoms with E-state index in [1.807, 2.05) is 0 Å². The highest BCUT2D eigenvalue weighted by Gasteiger charge is 2.37. The van der Waals surface area contributed by atoms with Crippen LogP contribution in [0.4, 0.5) is 18.9 Å². The molecular formula is C14H15ClF3N3O2. The highest BCUT2D eigenvalue weighted by atomic mass is 35.5. The molecule has 1 aromatic heterocycles. The molecule has 0 atom stereocenters. The number of fused-ring (bicyclic) bond motifs is 1. The lowest BCUT2D eigenvalue weighted by Crippen LogP contribution is -2.29. The number of carbonyl (C=O) groups is 1. The molecule has 0 saturated heterocycles. The average Bonchev–Trinajstić information content (AvgIpc) is 3.14. The number of anilines is 1. The number of hydrogen-bond donors (Lipinski definition) is 2. The molecule has 23 heavy (non-hydrogen) atoms. The van der Waals surface area contributed by atoms with Gasteiger partial charge in [-0.3, -0.25) is 4.79 Å². The quantitative estimate of drug-likeness (QED) is 0.870. The maximum absolute atomic E-state index is 12.5. The fourth-order valence-corrected chi connectivity index (χ4v) is 2.04. The summed E-state index contributed by atoms with van der Waals surface area (Å²) in [4.78, 5) is 15.1. The molecule has 126 valence electrons. The summed E-state index contributed by atoms with van der Waals surface area (Å²) in [6.07, 6.45) is -2.24. The minimum atomic E-state index is -4.63. The van der Waals surface area contributed by atoms with E-state index in [9.17, 15) is 18.0 Å². The Balaban J connectivity index is 0.00000192. The SMILES string of the molecule is Cl.O=C(CNCC1CC1)Nc1ccc2oc(C(F)(F)F)nc2c1. The summed E-state index contributed by atoms with van der Waals surface area (Å²) in [6, 6.07) is 4.18. The zero-order valence-corrected chi connectivity index (χ0v) is 12.8. The van der Waals surface area contributed by atoms with Crippen LogP contribution in [0.3, 0.4) is 0 Å². The number of nitrogens with one attached hydrogen (secondary N) is 2. The second kappa shape index (κ2) is 6.76. The van der Waals surface area contributed by atoms with Gasteiger partial charge in [-0.25, -0.2) is 4.98 Å². The van der Waals surface area contributed by atoms with Crippen molar-refractivity contribution >= 4 is 35.1 Å². The molecule has 3 rings (SSSR count). The predicted molar refractivity (Wildman–Crippen MR) is 80.5 cm³/mol. The summed E-state index contributed by atoms with van der Waals surface area (Å²) in [5.41, 5.74) is 0.459. The van der Waals surface area contributed by atoms with Crippen molar-refractivity contribution in [3.63, 3.8) is 0 Å². The van der Waals surface area contributed by atoms with Crippen LogP contribution in [-0.4, -0.2) is 24.0 Å². The maximum Gasteiger partial charge on any atom is 0.468 e. The molecule has 2 aromatic rings. The van der Waals surface area contributed by atoms with E-state index < -0.39 is 12.1 Å². The van der Waals surface area contributed by atoms with Crippen molar-refractivity contribution in [1.82, 2.24) is 10.3 Å². The average molecular weight is 350 g/mol. The lowest BCUT2D eigenvalue weighted by Gasteiger charge is -2.05. The van der Waals surface area contributed by atoms with E-state index in [-0.39, 0.29) is 36.0 Å². The number of carbonyl (C=O) groups excluding carboxylic acids is 1. The Labute approximate surface area is 136 Å². The molecular weight excluding hydrogens is 335 g/mol. The van der Waals surface area contributed by atoms with Gasteiger partial charge in [0.15, 0.2) is 5.58 Å². The van der Waals surface area contributed by atoms with Gasteiger partial charge in [-0.15, -0.1) is 12.4 Å². The lowest BCUT2D eigenvalue weighted by atomic mass is 10.3. The second-order valence-corrected chi connectivity index (χ2v) is 5.32. The summed E-state index contributed by atoms with van der Waals surface area (Å²) in [5.74, 6) is -0.878. The summed E-state index contributed by atoms with van der Waals surface area (Å²) in [5, 5.41) is 5.65. The molecule has 1 aliphatic carbocycles. The van der Waals surface area contributed by atoms with E-state index in [2.05, 4.69) is 20.0 Å². The molecule has 0 aliphatic heterocycles. The van der Waals surface area contributed by atoms with Gasteiger partial charge in [0.2, 0.25) is 5.91 Å². The van der Waals surface area contributed by atoms with Crippen molar-refractivity contribution < 1.29 is 22.4 Å². The third-order valence-corrected chi connectivity index (χ3v) is 3.33. The van der Waals surface area contributed by atoms with Gasteiger partial charge < -0.3 is 15.1 Å². The molecule has 1 heterocycles. The Kier molecular flexibility index (Phi) is 5.16. The van der Waals surface area contributed by atoms with Gasteiger partial charge in [-0.05, 0) is 43.5 Å². The Morgan fingerprint density at radius 2 is 2.09 bits per heavy atom.